The van der Waals surface area contributed by atoms with Crippen LogP contribution in [0.1, 0.15) is 26.3 Å². The van der Waals surface area contributed by atoms with E-state index >= 15 is 0 Å². The molecule has 0 radical (unpaired) electrons. The van der Waals surface area contributed by atoms with Gasteiger partial charge in [0.1, 0.15) is 5.75 Å². The molecule has 0 aliphatic carbocycles. The molecule has 0 aliphatic heterocycles. The van der Waals surface area contributed by atoms with Gasteiger partial charge in [0.05, 0.1) is 6.61 Å². The van der Waals surface area contributed by atoms with E-state index in [9.17, 15) is 0 Å². The molecule has 0 saturated heterocycles. The maximum Gasteiger partial charge on any atom is 0.123 e. The van der Waals surface area contributed by atoms with Gasteiger partial charge in [-0.3, -0.25) is 0 Å². The Balaban J connectivity index is 2.44. The average molecular weight is 236 g/mol. The Hall–Kier alpha value is -1.06. The van der Waals surface area contributed by atoms with Crippen molar-refractivity contribution in [3.05, 3.63) is 29.8 Å². The number of hydrogen-bond donors (Lipinski definition) is 2. The summed E-state index contributed by atoms with van der Waals surface area (Å²) in [5.41, 5.74) is 1.22. The van der Waals surface area contributed by atoms with Crippen LogP contribution in [0.2, 0.25) is 0 Å². The summed E-state index contributed by atoms with van der Waals surface area (Å²) < 4.78 is 5.59. The number of likely N-dealkylation sites (N-methyl/N-ethyl adjacent to an activating group) is 1. The molecule has 1 aromatic rings. The normalized spacial score (nSPS) is 12.4. The van der Waals surface area contributed by atoms with E-state index in [1.54, 1.807) is 0 Å². The van der Waals surface area contributed by atoms with Gasteiger partial charge < -0.3 is 15.4 Å². The van der Waals surface area contributed by atoms with Crippen LogP contribution in [-0.2, 0) is 6.54 Å². The molecule has 0 saturated carbocycles. The van der Waals surface area contributed by atoms with Crippen molar-refractivity contribution in [2.24, 2.45) is 0 Å². The zero-order chi connectivity index (χ0) is 12.5. The van der Waals surface area contributed by atoms with Gasteiger partial charge in [0.15, 0.2) is 0 Å². The van der Waals surface area contributed by atoms with E-state index in [-0.39, 0.29) is 0 Å². The minimum Gasteiger partial charge on any atom is -0.494 e. The standard InChI is InChI=1S/C14H24N2O/c1-4-15-10-12(3)16-11-13-8-6-7-9-14(13)17-5-2/h6-9,12,15-16H,4-5,10-11H2,1-3H3. The molecule has 0 aliphatic rings. The van der Waals surface area contributed by atoms with Crippen LogP contribution in [0.15, 0.2) is 24.3 Å². The van der Waals surface area contributed by atoms with Gasteiger partial charge in [-0.05, 0) is 26.5 Å². The molecule has 1 rings (SSSR count). The predicted molar refractivity (Wildman–Crippen MR) is 72.5 cm³/mol. The van der Waals surface area contributed by atoms with Gasteiger partial charge >= 0.3 is 0 Å². The van der Waals surface area contributed by atoms with Crippen LogP contribution >= 0.6 is 0 Å². The molecule has 17 heavy (non-hydrogen) atoms. The van der Waals surface area contributed by atoms with Crippen LogP contribution in [0.5, 0.6) is 5.75 Å². The Morgan fingerprint density at radius 3 is 2.71 bits per heavy atom. The summed E-state index contributed by atoms with van der Waals surface area (Å²) in [6.45, 7) is 9.89. The third-order valence-electron chi connectivity index (χ3n) is 2.61. The Labute approximate surface area is 105 Å². The average Bonchev–Trinajstić information content (AvgIpc) is 2.35. The van der Waals surface area contributed by atoms with Crippen LogP contribution < -0.4 is 15.4 Å². The lowest BCUT2D eigenvalue weighted by Crippen LogP contribution is -2.35. The molecule has 0 aromatic heterocycles. The van der Waals surface area contributed by atoms with Crippen molar-refractivity contribution in [2.75, 3.05) is 19.7 Å². The van der Waals surface area contributed by atoms with Crippen molar-refractivity contribution in [1.29, 1.82) is 0 Å². The second-order valence-corrected chi connectivity index (χ2v) is 4.13. The number of para-hydroxylation sites is 1. The number of nitrogens with one attached hydrogen (secondary N) is 2. The van der Waals surface area contributed by atoms with Gasteiger partial charge in [0.25, 0.3) is 0 Å². The fourth-order valence-electron chi connectivity index (χ4n) is 1.66. The summed E-state index contributed by atoms with van der Waals surface area (Å²) in [5, 5.41) is 6.82. The van der Waals surface area contributed by atoms with Crippen LogP contribution in [0.3, 0.4) is 0 Å². The fraction of sp³-hybridized carbons (Fsp3) is 0.571. The molecule has 3 nitrogen and oxygen atoms in total. The summed E-state index contributed by atoms with van der Waals surface area (Å²) in [4.78, 5) is 0. The minimum atomic E-state index is 0.463. The van der Waals surface area contributed by atoms with E-state index in [1.165, 1.54) is 5.56 Å². The third kappa shape index (κ3) is 5.20. The van der Waals surface area contributed by atoms with Crippen molar-refractivity contribution < 1.29 is 4.74 Å². The molecular formula is C14H24N2O. The van der Waals surface area contributed by atoms with E-state index in [0.29, 0.717) is 12.6 Å². The number of ether oxygens (including phenoxy) is 1. The quantitative estimate of drug-likeness (QED) is 0.726. The van der Waals surface area contributed by atoms with E-state index in [2.05, 4.69) is 36.6 Å². The molecule has 0 bridgehead atoms. The summed E-state index contributed by atoms with van der Waals surface area (Å²) in [5.74, 6) is 0.984. The molecule has 1 atom stereocenters. The highest BCUT2D eigenvalue weighted by Crippen LogP contribution is 2.17. The second kappa shape index (κ2) is 8.09. The zero-order valence-electron chi connectivity index (χ0n) is 11.1. The zero-order valence-corrected chi connectivity index (χ0v) is 11.1. The maximum atomic E-state index is 5.59. The smallest absolute Gasteiger partial charge is 0.123 e. The second-order valence-electron chi connectivity index (χ2n) is 4.13. The van der Waals surface area contributed by atoms with E-state index < -0.39 is 0 Å². The first-order valence-electron chi connectivity index (χ1n) is 6.42. The van der Waals surface area contributed by atoms with Gasteiger partial charge in [-0.15, -0.1) is 0 Å². The highest BCUT2D eigenvalue weighted by molar-refractivity contribution is 5.33. The van der Waals surface area contributed by atoms with Gasteiger partial charge in [0, 0.05) is 24.7 Å². The third-order valence-corrected chi connectivity index (χ3v) is 2.61. The largest absolute Gasteiger partial charge is 0.494 e. The van der Waals surface area contributed by atoms with Gasteiger partial charge in [-0.2, -0.15) is 0 Å². The van der Waals surface area contributed by atoms with Gasteiger partial charge in [0.2, 0.25) is 0 Å². The maximum absolute atomic E-state index is 5.59. The summed E-state index contributed by atoms with van der Waals surface area (Å²) in [6, 6.07) is 8.66. The van der Waals surface area contributed by atoms with E-state index in [0.717, 1.165) is 25.4 Å². The Bertz CT molecular complexity index is 315. The molecule has 0 heterocycles. The summed E-state index contributed by atoms with van der Waals surface area (Å²) in [7, 11) is 0. The lowest BCUT2D eigenvalue weighted by molar-refractivity contribution is 0.334. The molecule has 1 unspecified atom stereocenters. The van der Waals surface area contributed by atoms with Crippen molar-refractivity contribution in [3.8, 4) is 5.75 Å². The summed E-state index contributed by atoms with van der Waals surface area (Å²) >= 11 is 0. The number of benzene rings is 1. The Kier molecular flexibility index (Phi) is 6.67. The lowest BCUT2D eigenvalue weighted by atomic mass is 10.2. The first-order valence-corrected chi connectivity index (χ1v) is 6.42. The highest BCUT2D eigenvalue weighted by Gasteiger charge is 2.04. The van der Waals surface area contributed by atoms with Crippen LogP contribution in [0, 0.1) is 0 Å². The first-order chi connectivity index (χ1) is 8.27. The topological polar surface area (TPSA) is 33.3 Å². The van der Waals surface area contributed by atoms with Gasteiger partial charge in [-0.1, -0.05) is 25.1 Å². The molecule has 2 N–H and O–H groups in total. The molecular weight excluding hydrogens is 212 g/mol. The molecule has 3 heteroatoms. The monoisotopic (exact) mass is 236 g/mol. The number of hydrogen-bond acceptors (Lipinski definition) is 3. The Morgan fingerprint density at radius 2 is 2.00 bits per heavy atom. The van der Waals surface area contributed by atoms with Crippen molar-refractivity contribution in [1.82, 2.24) is 10.6 Å². The van der Waals surface area contributed by atoms with Crippen molar-refractivity contribution in [2.45, 2.75) is 33.4 Å². The van der Waals surface area contributed by atoms with Crippen LogP contribution in [0.4, 0.5) is 0 Å². The van der Waals surface area contributed by atoms with E-state index in [4.69, 9.17) is 4.74 Å². The fourth-order valence-corrected chi connectivity index (χ4v) is 1.66. The van der Waals surface area contributed by atoms with Crippen molar-refractivity contribution >= 4 is 0 Å². The minimum absolute atomic E-state index is 0.463. The van der Waals surface area contributed by atoms with Gasteiger partial charge in [-0.25, -0.2) is 0 Å². The van der Waals surface area contributed by atoms with Crippen molar-refractivity contribution in [3.63, 3.8) is 0 Å². The predicted octanol–water partition coefficient (Wildman–Crippen LogP) is 2.17. The lowest BCUT2D eigenvalue weighted by Gasteiger charge is -2.16. The first kappa shape index (κ1) is 14.0. The molecule has 0 fully saturated rings. The number of rotatable bonds is 8. The summed E-state index contributed by atoms with van der Waals surface area (Å²) in [6.07, 6.45) is 0. The SMILES string of the molecule is CCNCC(C)NCc1ccccc1OCC. The Morgan fingerprint density at radius 1 is 1.24 bits per heavy atom. The molecule has 0 spiro atoms. The van der Waals surface area contributed by atoms with Crippen LogP contribution in [-0.4, -0.2) is 25.7 Å². The molecule has 96 valence electrons. The van der Waals surface area contributed by atoms with E-state index in [1.807, 2.05) is 19.1 Å². The highest BCUT2D eigenvalue weighted by atomic mass is 16.5. The molecule has 0 amide bonds. The van der Waals surface area contributed by atoms with Crippen LogP contribution in [0.25, 0.3) is 0 Å². The molecule has 1 aromatic carbocycles.